The topological polar surface area (TPSA) is 83.2 Å². The third-order valence-electron chi connectivity index (χ3n) is 4.38. The van der Waals surface area contributed by atoms with Gasteiger partial charge in [-0.1, -0.05) is 0 Å². The van der Waals surface area contributed by atoms with E-state index in [1.54, 1.807) is 10.7 Å². The number of hydrogen-bond donors (Lipinski definition) is 1. The van der Waals surface area contributed by atoms with Crippen molar-refractivity contribution in [1.82, 2.24) is 24.4 Å². The van der Waals surface area contributed by atoms with Crippen molar-refractivity contribution in [3.8, 4) is 0 Å². The molecule has 136 valence electrons. The summed E-state index contributed by atoms with van der Waals surface area (Å²) in [7, 11) is 0. The van der Waals surface area contributed by atoms with Crippen molar-refractivity contribution in [1.29, 1.82) is 0 Å². The predicted molar refractivity (Wildman–Crippen MR) is 92.6 cm³/mol. The Balaban J connectivity index is 1.59. The molecule has 8 heteroatoms. The van der Waals surface area contributed by atoms with Crippen molar-refractivity contribution in [2.45, 2.75) is 20.0 Å². The van der Waals surface area contributed by atoms with Crippen molar-refractivity contribution in [3.63, 3.8) is 0 Å². The van der Waals surface area contributed by atoms with E-state index in [0.717, 1.165) is 18.8 Å². The molecule has 2 aromatic heterocycles. The van der Waals surface area contributed by atoms with E-state index in [2.05, 4.69) is 15.0 Å². The number of aliphatic hydroxyl groups excluding tert-OH is 1. The lowest BCUT2D eigenvalue weighted by Crippen LogP contribution is -2.50. The van der Waals surface area contributed by atoms with E-state index in [4.69, 9.17) is 4.74 Å². The Bertz CT molecular complexity index is 724. The molecule has 1 saturated heterocycles. The Morgan fingerprint density at radius 3 is 2.84 bits per heavy atom. The van der Waals surface area contributed by atoms with Gasteiger partial charge in [0.15, 0.2) is 5.65 Å². The van der Waals surface area contributed by atoms with Gasteiger partial charge in [0.2, 0.25) is 0 Å². The lowest BCUT2D eigenvalue weighted by molar-refractivity contribution is 0.0111. The van der Waals surface area contributed by atoms with Crippen LogP contribution in [0.25, 0.3) is 5.65 Å². The Labute approximate surface area is 147 Å². The summed E-state index contributed by atoms with van der Waals surface area (Å²) >= 11 is 0. The highest BCUT2D eigenvalue weighted by Crippen LogP contribution is 2.14. The quantitative estimate of drug-likeness (QED) is 0.803. The van der Waals surface area contributed by atoms with Crippen molar-refractivity contribution >= 4 is 11.6 Å². The van der Waals surface area contributed by atoms with Gasteiger partial charge in [-0.25, -0.2) is 9.50 Å². The van der Waals surface area contributed by atoms with Crippen molar-refractivity contribution in [3.05, 3.63) is 29.7 Å². The normalized spacial score (nSPS) is 17.2. The van der Waals surface area contributed by atoms with E-state index in [1.807, 2.05) is 31.0 Å². The number of nitrogens with zero attached hydrogens (tertiary/aromatic N) is 5. The molecule has 0 aliphatic carbocycles. The zero-order valence-electron chi connectivity index (χ0n) is 14.8. The van der Waals surface area contributed by atoms with Gasteiger partial charge in [-0.3, -0.25) is 9.69 Å². The molecule has 1 atom stereocenters. The molecule has 8 nitrogen and oxygen atoms in total. The van der Waals surface area contributed by atoms with Crippen LogP contribution in [0.2, 0.25) is 0 Å². The number of carbonyl (C=O) groups excluding carboxylic acids is 1. The molecule has 0 unspecified atom stereocenters. The average Bonchev–Trinajstić information content (AvgIpc) is 3.03. The average molecular weight is 347 g/mol. The number of aromatic nitrogens is 3. The van der Waals surface area contributed by atoms with Crippen LogP contribution in [0.15, 0.2) is 18.5 Å². The van der Waals surface area contributed by atoms with Crippen LogP contribution in [0.4, 0.5) is 0 Å². The summed E-state index contributed by atoms with van der Waals surface area (Å²) < 4.78 is 6.86. The summed E-state index contributed by atoms with van der Waals surface area (Å²) in [4.78, 5) is 21.2. The van der Waals surface area contributed by atoms with Crippen LogP contribution < -0.4 is 0 Å². The maximum Gasteiger partial charge on any atom is 0.259 e. The van der Waals surface area contributed by atoms with Gasteiger partial charge in [0.05, 0.1) is 18.9 Å². The van der Waals surface area contributed by atoms with Gasteiger partial charge < -0.3 is 14.7 Å². The predicted octanol–water partition coefficient (Wildman–Crippen LogP) is 0.193. The van der Waals surface area contributed by atoms with E-state index >= 15 is 0 Å². The van der Waals surface area contributed by atoms with Crippen LogP contribution in [0, 0.1) is 6.92 Å². The molecule has 1 fully saturated rings. The minimum atomic E-state index is -0.492. The number of aryl methyl sites for hydroxylation is 1. The summed E-state index contributed by atoms with van der Waals surface area (Å²) in [6.07, 6.45) is 2.91. The van der Waals surface area contributed by atoms with Crippen molar-refractivity contribution in [2.75, 3.05) is 45.9 Å². The van der Waals surface area contributed by atoms with Gasteiger partial charge in [0, 0.05) is 51.2 Å². The standard InChI is InChI=1S/C17H25N5O3/c1-3-25-12-14(23)11-20-6-8-21(9-7-20)17(24)15-10-18-22-5-4-13(2)19-16(15)22/h4-5,10,14,23H,3,6-9,11-12H2,1-2H3/t14-/m0/s1. The van der Waals surface area contributed by atoms with Crippen LogP contribution in [0.1, 0.15) is 23.0 Å². The minimum Gasteiger partial charge on any atom is -0.389 e. The molecule has 0 saturated carbocycles. The van der Waals surface area contributed by atoms with Crippen LogP contribution in [-0.2, 0) is 4.74 Å². The second-order valence-corrected chi connectivity index (χ2v) is 6.30. The van der Waals surface area contributed by atoms with E-state index in [1.165, 1.54) is 0 Å². The first kappa shape index (κ1) is 17.8. The fraction of sp³-hybridized carbons (Fsp3) is 0.588. The largest absolute Gasteiger partial charge is 0.389 e. The molecular weight excluding hydrogens is 322 g/mol. The maximum atomic E-state index is 12.8. The van der Waals surface area contributed by atoms with E-state index < -0.39 is 6.10 Å². The third kappa shape index (κ3) is 4.15. The summed E-state index contributed by atoms with van der Waals surface area (Å²) in [5, 5.41) is 14.1. The number of rotatable bonds is 6. The fourth-order valence-electron chi connectivity index (χ4n) is 3.02. The monoisotopic (exact) mass is 347 g/mol. The van der Waals surface area contributed by atoms with Crippen LogP contribution >= 0.6 is 0 Å². The second-order valence-electron chi connectivity index (χ2n) is 6.30. The van der Waals surface area contributed by atoms with Gasteiger partial charge in [-0.05, 0) is 19.9 Å². The molecular formula is C17H25N5O3. The Hall–Kier alpha value is -2.03. The number of ether oxygens (including phenoxy) is 1. The molecule has 1 amide bonds. The minimum absolute atomic E-state index is 0.0392. The third-order valence-corrected chi connectivity index (χ3v) is 4.38. The molecule has 1 aliphatic rings. The summed E-state index contributed by atoms with van der Waals surface area (Å²) in [6, 6.07) is 1.86. The highest BCUT2D eigenvalue weighted by molar-refractivity contribution is 5.99. The molecule has 2 aromatic rings. The number of piperazine rings is 1. The van der Waals surface area contributed by atoms with Gasteiger partial charge >= 0.3 is 0 Å². The van der Waals surface area contributed by atoms with Gasteiger partial charge in [-0.15, -0.1) is 0 Å². The lowest BCUT2D eigenvalue weighted by atomic mass is 10.2. The van der Waals surface area contributed by atoms with Gasteiger partial charge in [-0.2, -0.15) is 5.10 Å². The SMILES string of the molecule is CCOC[C@@H](O)CN1CCN(C(=O)c2cnn3ccc(C)nc23)CC1. The zero-order chi connectivity index (χ0) is 17.8. The highest BCUT2D eigenvalue weighted by Gasteiger charge is 2.25. The molecule has 0 aromatic carbocycles. The molecule has 0 radical (unpaired) electrons. The Kier molecular flexibility index (Phi) is 5.62. The molecule has 1 N–H and O–H groups in total. The van der Waals surface area contributed by atoms with Gasteiger partial charge in [0.1, 0.15) is 5.56 Å². The molecule has 3 heterocycles. The molecule has 0 bridgehead atoms. The maximum absolute atomic E-state index is 12.8. The van der Waals surface area contributed by atoms with Crippen molar-refractivity contribution < 1.29 is 14.6 Å². The summed E-state index contributed by atoms with van der Waals surface area (Å²) in [5.41, 5.74) is 1.99. The number of hydrogen-bond acceptors (Lipinski definition) is 6. The molecule has 25 heavy (non-hydrogen) atoms. The summed E-state index contributed by atoms with van der Waals surface area (Å²) in [6.45, 7) is 8.06. The van der Waals surface area contributed by atoms with E-state index in [9.17, 15) is 9.90 Å². The van der Waals surface area contributed by atoms with Gasteiger partial charge in [0.25, 0.3) is 5.91 Å². The van der Waals surface area contributed by atoms with E-state index in [0.29, 0.717) is 44.1 Å². The first-order chi connectivity index (χ1) is 12.1. The lowest BCUT2D eigenvalue weighted by Gasteiger charge is -2.35. The fourth-order valence-corrected chi connectivity index (χ4v) is 3.02. The number of β-amino-alcohol motifs (C(OH)–C–C–N with tert-alkyl or cyclic N) is 1. The zero-order valence-corrected chi connectivity index (χ0v) is 14.8. The number of fused-ring (bicyclic) bond motifs is 1. The van der Waals surface area contributed by atoms with Crippen LogP contribution in [-0.4, -0.2) is 87.5 Å². The number of carbonyl (C=O) groups is 1. The smallest absolute Gasteiger partial charge is 0.259 e. The second kappa shape index (κ2) is 7.90. The molecule has 1 aliphatic heterocycles. The molecule has 3 rings (SSSR count). The number of amides is 1. The first-order valence-corrected chi connectivity index (χ1v) is 8.67. The Morgan fingerprint density at radius 2 is 2.12 bits per heavy atom. The number of aliphatic hydroxyl groups is 1. The molecule has 0 spiro atoms. The first-order valence-electron chi connectivity index (χ1n) is 8.67. The highest BCUT2D eigenvalue weighted by atomic mass is 16.5. The van der Waals surface area contributed by atoms with Crippen LogP contribution in [0.5, 0.6) is 0 Å². The van der Waals surface area contributed by atoms with Crippen LogP contribution in [0.3, 0.4) is 0 Å². The van der Waals surface area contributed by atoms with Crippen molar-refractivity contribution in [2.24, 2.45) is 0 Å². The summed E-state index contributed by atoms with van der Waals surface area (Å²) in [5.74, 6) is -0.0392. The Morgan fingerprint density at radius 1 is 1.36 bits per heavy atom. The van der Waals surface area contributed by atoms with E-state index in [-0.39, 0.29) is 5.91 Å².